The zero-order valence-electron chi connectivity index (χ0n) is 13.0. The summed E-state index contributed by atoms with van der Waals surface area (Å²) in [6.07, 6.45) is 0. The first kappa shape index (κ1) is 14.4. The minimum atomic E-state index is 0.404. The molecule has 4 nitrogen and oxygen atoms in total. The molecule has 1 atom stereocenters. The van der Waals surface area contributed by atoms with E-state index in [-0.39, 0.29) is 0 Å². The van der Waals surface area contributed by atoms with Crippen LogP contribution in [0.3, 0.4) is 0 Å². The number of aryl methyl sites for hydroxylation is 1. The zero-order chi connectivity index (χ0) is 15.4. The summed E-state index contributed by atoms with van der Waals surface area (Å²) in [4.78, 5) is 4.41. The summed E-state index contributed by atoms with van der Waals surface area (Å²) in [6.45, 7) is 5.68. The Morgan fingerprint density at radius 1 is 1.23 bits per heavy atom. The summed E-state index contributed by atoms with van der Waals surface area (Å²) < 4.78 is 6.03. The predicted octanol–water partition coefficient (Wildman–Crippen LogP) is 3.22. The molecule has 1 aliphatic heterocycles. The van der Waals surface area contributed by atoms with Gasteiger partial charge in [-0.05, 0) is 37.6 Å². The molecule has 2 aromatic rings. The van der Waals surface area contributed by atoms with Crippen LogP contribution in [0.15, 0.2) is 53.5 Å². The highest BCUT2D eigenvalue weighted by Crippen LogP contribution is 2.25. The van der Waals surface area contributed by atoms with E-state index in [1.54, 1.807) is 0 Å². The molecule has 0 bridgehead atoms. The van der Waals surface area contributed by atoms with E-state index in [0.717, 1.165) is 29.6 Å². The quantitative estimate of drug-likeness (QED) is 0.910. The lowest BCUT2D eigenvalue weighted by atomic mass is 10.2. The molecule has 1 unspecified atom stereocenters. The average Bonchev–Trinajstić information content (AvgIpc) is 2.92. The smallest absolute Gasteiger partial charge is 0.191 e. The van der Waals surface area contributed by atoms with Gasteiger partial charge in [0.2, 0.25) is 0 Å². The summed E-state index contributed by atoms with van der Waals surface area (Å²) in [5, 5.41) is 6.62. The number of benzene rings is 2. The molecule has 1 heterocycles. The fourth-order valence-corrected chi connectivity index (χ4v) is 2.39. The predicted molar refractivity (Wildman–Crippen MR) is 89.4 cm³/mol. The monoisotopic (exact) mass is 295 g/mol. The van der Waals surface area contributed by atoms with Gasteiger partial charge in [0.1, 0.15) is 11.5 Å². The molecule has 0 aliphatic carbocycles. The largest absolute Gasteiger partial charge is 0.457 e. The van der Waals surface area contributed by atoms with Gasteiger partial charge in [-0.3, -0.25) is 4.99 Å². The van der Waals surface area contributed by atoms with Crippen molar-refractivity contribution in [3.05, 3.63) is 59.7 Å². The van der Waals surface area contributed by atoms with E-state index in [2.05, 4.69) is 41.6 Å². The van der Waals surface area contributed by atoms with Crippen molar-refractivity contribution >= 4 is 5.96 Å². The number of aliphatic imine (C=N–C) groups is 1. The Kier molecular flexibility index (Phi) is 4.28. The second kappa shape index (κ2) is 6.52. The maximum atomic E-state index is 6.03. The van der Waals surface area contributed by atoms with Crippen molar-refractivity contribution in [3.63, 3.8) is 0 Å². The van der Waals surface area contributed by atoms with Crippen molar-refractivity contribution in [2.45, 2.75) is 26.4 Å². The standard InChI is InChI=1S/C18H21N3O/c1-13-6-5-8-16(10-13)22-17-9-4-3-7-15(17)12-20-18-19-11-14(2)21-18/h3-10,14H,11-12H2,1-2H3,(H2,19,20,21). The van der Waals surface area contributed by atoms with Gasteiger partial charge in [0.25, 0.3) is 0 Å². The van der Waals surface area contributed by atoms with Crippen LogP contribution in [0.5, 0.6) is 11.5 Å². The van der Waals surface area contributed by atoms with Crippen molar-refractivity contribution in [2.24, 2.45) is 4.99 Å². The lowest BCUT2D eigenvalue weighted by molar-refractivity contribution is 0.475. The maximum Gasteiger partial charge on any atom is 0.191 e. The summed E-state index contributed by atoms with van der Waals surface area (Å²) in [5.41, 5.74) is 2.29. The van der Waals surface area contributed by atoms with Crippen LogP contribution in [0.4, 0.5) is 0 Å². The Balaban J connectivity index is 1.70. The van der Waals surface area contributed by atoms with Gasteiger partial charge in [0.15, 0.2) is 5.96 Å². The van der Waals surface area contributed by atoms with E-state index in [9.17, 15) is 0 Å². The molecular formula is C18H21N3O. The van der Waals surface area contributed by atoms with Gasteiger partial charge in [0.05, 0.1) is 6.54 Å². The number of ether oxygens (including phenoxy) is 1. The van der Waals surface area contributed by atoms with Crippen LogP contribution in [0, 0.1) is 6.92 Å². The molecule has 0 amide bonds. The Bertz CT molecular complexity index is 682. The van der Waals surface area contributed by atoms with Crippen LogP contribution < -0.4 is 15.4 Å². The van der Waals surface area contributed by atoms with Gasteiger partial charge < -0.3 is 15.4 Å². The minimum absolute atomic E-state index is 0.404. The third-order valence-electron chi connectivity index (χ3n) is 3.54. The number of hydrogen-bond acceptors (Lipinski definition) is 4. The Hall–Kier alpha value is -2.49. The van der Waals surface area contributed by atoms with Gasteiger partial charge >= 0.3 is 0 Å². The van der Waals surface area contributed by atoms with E-state index >= 15 is 0 Å². The van der Waals surface area contributed by atoms with Crippen LogP contribution in [-0.4, -0.2) is 18.5 Å². The van der Waals surface area contributed by atoms with Crippen molar-refractivity contribution < 1.29 is 4.74 Å². The van der Waals surface area contributed by atoms with Crippen LogP contribution in [0.1, 0.15) is 18.1 Å². The molecule has 0 radical (unpaired) electrons. The molecule has 114 valence electrons. The highest BCUT2D eigenvalue weighted by atomic mass is 16.5. The lowest BCUT2D eigenvalue weighted by Crippen LogP contribution is -2.37. The molecule has 3 rings (SSSR count). The highest BCUT2D eigenvalue weighted by molar-refractivity contribution is 5.81. The van der Waals surface area contributed by atoms with E-state index in [4.69, 9.17) is 4.74 Å². The molecule has 2 N–H and O–H groups in total. The second-order valence-electron chi connectivity index (χ2n) is 5.61. The van der Waals surface area contributed by atoms with Crippen LogP contribution in [0.25, 0.3) is 0 Å². The lowest BCUT2D eigenvalue weighted by Gasteiger charge is -2.13. The molecule has 2 aromatic carbocycles. The fraction of sp³-hybridized carbons (Fsp3) is 0.278. The first-order chi connectivity index (χ1) is 10.7. The SMILES string of the molecule is Cc1cccc(Oc2ccccc2CNC2=NCC(C)N2)c1. The molecule has 0 saturated heterocycles. The van der Waals surface area contributed by atoms with E-state index < -0.39 is 0 Å². The van der Waals surface area contributed by atoms with Gasteiger partial charge in [-0.15, -0.1) is 0 Å². The highest BCUT2D eigenvalue weighted by Gasteiger charge is 2.12. The van der Waals surface area contributed by atoms with Crippen molar-refractivity contribution in [1.29, 1.82) is 0 Å². The van der Waals surface area contributed by atoms with Crippen molar-refractivity contribution in [2.75, 3.05) is 6.54 Å². The summed E-state index contributed by atoms with van der Waals surface area (Å²) in [5.74, 6) is 2.59. The van der Waals surface area contributed by atoms with Crippen LogP contribution >= 0.6 is 0 Å². The number of nitrogens with zero attached hydrogens (tertiary/aromatic N) is 1. The van der Waals surface area contributed by atoms with Crippen molar-refractivity contribution in [3.8, 4) is 11.5 Å². The number of para-hydroxylation sites is 1. The summed E-state index contributed by atoms with van der Waals surface area (Å²) >= 11 is 0. The average molecular weight is 295 g/mol. The molecule has 0 aromatic heterocycles. The normalized spacial score (nSPS) is 16.8. The third-order valence-corrected chi connectivity index (χ3v) is 3.54. The number of nitrogens with one attached hydrogen (secondary N) is 2. The van der Waals surface area contributed by atoms with E-state index in [0.29, 0.717) is 12.6 Å². The third kappa shape index (κ3) is 3.58. The van der Waals surface area contributed by atoms with Gasteiger partial charge in [0, 0.05) is 18.2 Å². The van der Waals surface area contributed by atoms with Gasteiger partial charge in [-0.1, -0.05) is 30.3 Å². The first-order valence-corrected chi connectivity index (χ1v) is 7.58. The van der Waals surface area contributed by atoms with Crippen LogP contribution in [0.2, 0.25) is 0 Å². The van der Waals surface area contributed by atoms with E-state index in [1.165, 1.54) is 5.56 Å². The number of guanidine groups is 1. The Labute approximate surface area is 131 Å². The van der Waals surface area contributed by atoms with E-state index in [1.807, 2.05) is 36.4 Å². The first-order valence-electron chi connectivity index (χ1n) is 7.58. The molecule has 22 heavy (non-hydrogen) atoms. The fourth-order valence-electron chi connectivity index (χ4n) is 2.39. The molecule has 0 spiro atoms. The number of rotatable bonds is 4. The van der Waals surface area contributed by atoms with Crippen LogP contribution in [-0.2, 0) is 6.54 Å². The zero-order valence-corrected chi connectivity index (χ0v) is 13.0. The molecule has 0 fully saturated rings. The van der Waals surface area contributed by atoms with Gasteiger partial charge in [-0.2, -0.15) is 0 Å². The summed E-state index contributed by atoms with van der Waals surface area (Å²) in [6, 6.07) is 16.5. The number of hydrogen-bond donors (Lipinski definition) is 2. The Morgan fingerprint density at radius 2 is 2.09 bits per heavy atom. The minimum Gasteiger partial charge on any atom is -0.457 e. The molecular weight excluding hydrogens is 274 g/mol. The van der Waals surface area contributed by atoms with Gasteiger partial charge in [-0.25, -0.2) is 0 Å². The molecule has 1 aliphatic rings. The van der Waals surface area contributed by atoms with Crippen molar-refractivity contribution in [1.82, 2.24) is 10.6 Å². The second-order valence-corrected chi connectivity index (χ2v) is 5.61. The summed E-state index contributed by atoms with van der Waals surface area (Å²) in [7, 11) is 0. The topological polar surface area (TPSA) is 45.6 Å². The molecule has 4 heteroatoms. The maximum absolute atomic E-state index is 6.03. The molecule has 0 saturated carbocycles. The Morgan fingerprint density at radius 3 is 2.86 bits per heavy atom.